The third-order valence-corrected chi connectivity index (χ3v) is 3.97. The Balaban J connectivity index is 1.90. The maximum Gasteiger partial charge on any atom is 0.191 e. The first-order valence-corrected chi connectivity index (χ1v) is 9.28. The van der Waals surface area contributed by atoms with Crippen LogP contribution in [0.4, 0.5) is 4.39 Å². The SMILES string of the molecule is CCNC(=NCC(O)c1ccccc1F)NCC(C)Oc1cccc(OC)c1. The molecule has 0 aliphatic rings. The smallest absolute Gasteiger partial charge is 0.191 e. The van der Waals surface area contributed by atoms with Crippen molar-refractivity contribution in [2.24, 2.45) is 4.99 Å². The number of halogens is 1. The number of rotatable bonds is 9. The second kappa shape index (κ2) is 11.1. The molecule has 0 heterocycles. The summed E-state index contributed by atoms with van der Waals surface area (Å²) in [6, 6.07) is 13.6. The van der Waals surface area contributed by atoms with Gasteiger partial charge in [0, 0.05) is 18.2 Å². The van der Waals surface area contributed by atoms with E-state index in [9.17, 15) is 9.50 Å². The highest BCUT2D eigenvalue weighted by Gasteiger charge is 2.12. The van der Waals surface area contributed by atoms with Crippen molar-refractivity contribution in [1.29, 1.82) is 0 Å². The molecule has 0 aliphatic heterocycles. The van der Waals surface area contributed by atoms with Crippen molar-refractivity contribution in [1.82, 2.24) is 10.6 Å². The van der Waals surface area contributed by atoms with E-state index >= 15 is 0 Å². The Labute approximate surface area is 165 Å². The quantitative estimate of drug-likeness (QED) is 0.454. The molecule has 28 heavy (non-hydrogen) atoms. The molecule has 2 aromatic rings. The zero-order valence-electron chi connectivity index (χ0n) is 16.5. The van der Waals surface area contributed by atoms with E-state index in [1.807, 2.05) is 38.1 Å². The van der Waals surface area contributed by atoms with E-state index in [-0.39, 0.29) is 18.2 Å². The van der Waals surface area contributed by atoms with Crippen LogP contribution in [0.15, 0.2) is 53.5 Å². The van der Waals surface area contributed by atoms with Gasteiger partial charge in [-0.15, -0.1) is 0 Å². The summed E-state index contributed by atoms with van der Waals surface area (Å²) in [7, 11) is 1.61. The highest BCUT2D eigenvalue weighted by Crippen LogP contribution is 2.20. The van der Waals surface area contributed by atoms with Crippen LogP contribution in [0.5, 0.6) is 11.5 Å². The van der Waals surface area contributed by atoms with Crippen molar-refractivity contribution >= 4 is 5.96 Å². The molecule has 7 heteroatoms. The molecule has 2 unspecified atom stereocenters. The van der Waals surface area contributed by atoms with Gasteiger partial charge in [-0.2, -0.15) is 0 Å². The lowest BCUT2D eigenvalue weighted by Crippen LogP contribution is -2.42. The van der Waals surface area contributed by atoms with Gasteiger partial charge in [-0.25, -0.2) is 4.39 Å². The number of ether oxygens (including phenoxy) is 2. The number of aliphatic imine (C=N–C) groups is 1. The number of hydrogen-bond acceptors (Lipinski definition) is 4. The molecule has 0 fully saturated rings. The highest BCUT2D eigenvalue weighted by molar-refractivity contribution is 5.79. The second-order valence-corrected chi connectivity index (χ2v) is 6.25. The summed E-state index contributed by atoms with van der Waals surface area (Å²) < 4.78 is 24.8. The van der Waals surface area contributed by atoms with Gasteiger partial charge < -0.3 is 25.2 Å². The monoisotopic (exact) mass is 389 g/mol. The minimum absolute atomic E-state index is 0.0430. The average molecular weight is 389 g/mol. The van der Waals surface area contributed by atoms with Crippen molar-refractivity contribution in [2.45, 2.75) is 26.1 Å². The van der Waals surface area contributed by atoms with Gasteiger partial charge in [-0.3, -0.25) is 4.99 Å². The summed E-state index contributed by atoms with van der Waals surface area (Å²) in [5.74, 6) is 1.53. The van der Waals surface area contributed by atoms with Crippen molar-refractivity contribution in [2.75, 3.05) is 26.7 Å². The van der Waals surface area contributed by atoms with E-state index in [1.165, 1.54) is 6.07 Å². The minimum atomic E-state index is -1.01. The van der Waals surface area contributed by atoms with Crippen LogP contribution < -0.4 is 20.1 Å². The number of hydrogen-bond donors (Lipinski definition) is 3. The molecule has 2 rings (SSSR count). The van der Waals surface area contributed by atoms with Gasteiger partial charge >= 0.3 is 0 Å². The minimum Gasteiger partial charge on any atom is -0.497 e. The van der Waals surface area contributed by atoms with Crippen LogP contribution in [-0.4, -0.2) is 43.9 Å². The van der Waals surface area contributed by atoms with E-state index in [4.69, 9.17) is 9.47 Å². The van der Waals surface area contributed by atoms with Crippen LogP contribution in [0.3, 0.4) is 0 Å². The Morgan fingerprint density at radius 1 is 1.14 bits per heavy atom. The Kier molecular flexibility index (Phi) is 8.55. The Morgan fingerprint density at radius 2 is 1.89 bits per heavy atom. The number of methoxy groups -OCH3 is 1. The lowest BCUT2D eigenvalue weighted by atomic mass is 10.1. The largest absolute Gasteiger partial charge is 0.497 e. The summed E-state index contributed by atoms with van der Waals surface area (Å²) >= 11 is 0. The van der Waals surface area contributed by atoms with Crippen LogP contribution in [0.1, 0.15) is 25.5 Å². The molecule has 0 bridgehead atoms. The van der Waals surface area contributed by atoms with Gasteiger partial charge in [0.1, 0.15) is 29.5 Å². The first-order chi connectivity index (χ1) is 13.5. The average Bonchev–Trinajstić information content (AvgIpc) is 2.70. The summed E-state index contributed by atoms with van der Waals surface area (Å²) in [6.45, 7) is 5.08. The van der Waals surface area contributed by atoms with Crippen molar-refractivity contribution in [3.63, 3.8) is 0 Å². The number of aliphatic hydroxyl groups excluding tert-OH is 1. The molecule has 0 aromatic heterocycles. The van der Waals surface area contributed by atoms with Gasteiger partial charge in [-0.05, 0) is 32.0 Å². The molecular weight excluding hydrogens is 361 g/mol. The van der Waals surface area contributed by atoms with Crippen molar-refractivity contribution in [3.8, 4) is 11.5 Å². The third kappa shape index (κ3) is 6.74. The highest BCUT2D eigenvalue weighted by atomic mass is 19.1. The van der Waals surface area contributed by atoms with E-state index in [2.05, 4.69) is 15.6 Å². The fraction of sp³-hybridized carbons (Fsp3) is 0.381. The molecule has 3 N–H and O–H groups in total. The molecule has 0 saturated carbocycles. The lowest BCUT2D eigenvalue weighted by molar-refractivity contribution is 0.182. The molecule has 2 aromatic carbocycles. The summed E-state index contributed by atoms with van der Waals surface area (Å²) in [5, 5.41) is 16.5. The van der Waals surface area contributed by atoms with E-state index in [1.54, 1.807) is 25.3 Å². The van der Waals surface area contributed by atoms with Crippen LogP contribution in [-0.2, 0) is 0 Å². The predicted molar refractivity (Wildman–Crippen MR) is 108 cm³/mol. The molecule has 0 amide bonds. The van der Waals surface area contributed by atoms with Gasteiger partial charge in [0.15, 0.2) is 5.96 Å². The van der Waals surface area contributed by atoms with Crippen LogP contribution in [0.25, 0.3) is 0 Å². The van der Waals surface area contributed by atoms with Crippen LogP contribution in [0.2, 0.25) is 0 Å². The zero-order valence-corrected chi connectivity index (χ0v) is 16.5. The standard InChI is InChI=1S/C21H28FN3O3/c1-4-23-21(25-14-20(26)18-10-5-6-11-19(18)22)24-13-15(2)28-17-9-7-8-16(12-17)27-3/h5-12,15,20,26H,4,13-14H2,1-3H3,(H2,23,24,25). The summed E-state index contributed by atoms with van der Waals surface area (Å²) in [5.41, 5.74) is 0.233. The molecule has 2 atom stereocenters. The van der Waals surface area contributed by atoms with Gasteiger partial charge in [-0.1, -0.05) is 24.3 Å². The van der Waals surface area contributed by atoms with Crippen molar-refractivity contribution in [3.05, 3.63) is 59.9 Å². The van der Waals surface area contributed by atoms with Crippen LogP contribution in [0, 0.1) is 5.82 Å². The molecule has 0 aliphatic carbocycles. The first kappa shape index (κ1) is 21.5. The van der Waals surface area contributed by atoms with Crippen molar-refractivity contribution < 1.29 is 19.0 Å². The maximum absolute atomic E-state index is 13.8. The predicted octanol–water partition coefficient (Wildman–Crippen LogP) is 2.89. The molecule has 152 valence electrons. The first-order valence-electron chi connectivity index (χ1n) is 9.28. The van der Waals surface area contributed by atoms with E-state index in [0.717, 1.165) is 5.75 Å². The molecule has 6 nitrogen and oxygen atoms in total. The Bertz CT molecular complexity index is 770. The Hall–Kier alpha value is -2.80. The number of nitrogens with one attached hydrogen (secondary N) is 2. The number of aliphatic hydroxyl groups is 1. The fourth-order valence-corrected chi connectivity index (χ4v) is 2.55. The Morgan fingerprint density at radius 3 is 2.61 bits per heavy atom. The van der Waals surface area contributed by atoms with E-state index < -0.39 is 11.9 Å². The number of guanidine groups is 1. The molecule has 0 saturated heterocycles. The topological polar surface area (TPSA) is 75.1 Å². The molecular formula is C21H28FN3O3. The molecule has 0 spiro atoms. The zero-order chi connectivity index (χ0) is 20.4. The third-order valence-electron chi connectivity index (χ3n) is 3.97. The number of benzene rings is 2. The van der Waals surface area contributed by atoms with Gasteiger partial charge in [0.05, 0.1) is 20.2 Å². The lowest BCUT2D eigenvalue weighted by Gasteiger charge is -2.18. The fourth-order valence-electron chi connectivity index (χ4n) is 2.55. The number of nitrogens with zero attached hydrogens (tertiary/aromatic N) is 1. The maximum atomic E-state index is 13.8. The van der Waals surface area contributed by atoms with E-state index in [0.29, 0.717) is 24.8 Å². The summed E-state index contributed by atoms with van der Waals surface area (Å²) in [6.07, 6.45) is -1.14. The summed E-state index contributed by atoms with van der Waals surface area (Å²) in [4.78, 5) is 4.34. The van der Waals surface area contributed by atoms with Gasteiger partial charge in [0.25, 0.3) is 0 Å². The second-order valence-electron chi connectivity index (χ2n) is 6.25. The van der Waals surface area contributed by atoms with Crippen LogP contribution >= 0.6 is 0 Å². The molecule has 0 radical (unpaired) electrons. The normalized spacial score (nSPS) is 13.5. The van der Waals surface area contributed by atoms with Gasteiger partial charge in [0.2, 0.25) is 0 Å².